The SMILES string of the molecule is Cc1ccc(C(=O)NC2(C)C(=O)N3[C@@H](C(=O)O)C(C)(C)S[C@@H]32)cc1. The lowest BCUT2D eigenvalue weighted by Crippen LogP contribution is -2.78. The number of β-lactam (4-membered cyclic amide) rings is 1. The molecule has 2 amide bonds. The zero-order valence-electron chi connectivity index (χ0n) is 14.0. The van der Waals surface area contributed by atoms with E-state index >= 15 is 0 Å². The summed E-state index contributed by atoms with van der Waals surface area (Å²) in [6, 6.07) is 6.20. The molecule has 2 aliphatic rings. The summed E-state index contributed by atoms with van der Waals surface area (Å²) >= 11 is 1.41. The van der Waals surface area contributed by atoms with Crippen LogP contribution in [0.3, 0.4) is 0 Å². The fourth-order valence-electron chi connectivity index (χ4n) is 3.35. The summed E-state index contributed by atoms with van der Waals surface area (Å²) in [4.78, 5) is 38.0. The van der Waals surface area contributed by atoms with E-state index in [0.717, 1.165) is 5.56 Å². The molecule has 0 bridgehead atoms. The van der Waals surface area contributed by atoms with E-state index < -0.39 is 22.3 Å². The summed E-state index contributed by atoms with van der Waals surface area (Å²) in [5, 5.41) is 11.9. The van der Waals surface area contributed by atoms with Crippen molar-refractivity contribution >= 4 is 29.5 Å². The van der Waals surface area contributed by atoms with Crippen LogP contribution < -0.4 is 5.32 Å². The molecule has 1 aromatic rings. The minimum atomic E-state index is -1.09. The van der Waals surface area contributed by atoms with Crippen LogP contribution in [-0.2, 0) is 9.59 Å². The maximum absolute atomic E-state index is 12.6. The summed E-state index contributed by atoms with van der Waals surface area (Å²) in [5.74, 6) is -1.70. The van der Waals surface area contributed by atoms with E-state index in [-0.39, 0.29) is 17.2 Å². The Hall–Kier alpha value is -2.02. The van der Waals surface area contributed by atoms with Crippen LogP contribution in [0.4, 0.5) is 0 Å². The van der Waals surface area contributed by atoms with E-state index in [1.807, 2.05) is 32.9 Å². The van der Waals surface area contributed by atoms with Crippen LogP contribution in [0, 0.1) is 6.92 Å². The smallest absolute Gasteiger partial charge is 0.327 e. The molecule has 7 heteroatoms. The number of amides is 2. The fourth-order valence-corrected chi connectivity index (χ4v) is 5.00. The summed E-state index contributed by atoms with van der Waals surface area (Å²) < 4.78 is -0.613. The number of fused-ring (bicyclic) bond motifs is 1. The average Bonchev–Trinajstić information content (AvgIpc) is 2.77. The first-order chi connectivity index (χ1) is 11.1. The number of hydrogen-bond acceptors (Lipinski definition) is 4. The van der Waals surface area contributed by atoms with Gasteiger partial charge in [-0.15, -0.1) is 11.8 Å². The number of rotatable bonds is 3. The van der Waals surface area contributed by atoms with Gasteiger partial charge in [0.05, 0.1) is 0 Å². The molecule has 1 aromatic carbocycles. The molecule has 0 radical (unpaired) electrons. The molecular formula is C17H20N2O4S. The van der Waals surface area contributed by atoms with Crippen molar-refractivity contribution in [2.75, 3.05) is 0 Å². The molecule has 3 atom stereocenters. The van der Waals surface area contributed by atoms with Gasteiger partial charge >= 0.3 is 5.97 Å². The molecule has 2 saturated heterocycles. The van der Waals surface area contributed by atoms with Gasteiger partial charge in [-0.2, -0.15) is 0 Å². The Bertz CT molecular complexity index is 731. The Balaban J connectivity index is 1.83. The molecule has 0 aliphatic carbocycles. The van der Waals surface area contributed by atoms with Crippen LogP contribution in [0.1, 0.15) is 36.7 Å². The van der Waals surface area contributed by atoms with Gasteiger partial charge in [-0.3, -0.25) is 9.59 Å². The Kier molecular flexibility index (Phi) is 3.67. The van der Waals surface area contributed by atoms with E-state index in [0.29, 0.717) is 5.56 Å². The third kappa shape index (κ3) is 2.30. The van der Waals surface area contributed by atoms with Gasteiger partial charge in [0, 0.05) is 10.3 Å². The molecule has 6 nitrogen and oxygen atoms in total. The quantitative estimate of drug-likeness (QED) is 0.811. The van der Waals surface area contributed by atoms with Crippen LogP contribution in [0.5, 0.6) is 0 Å². The van der Waals surface area contributed by atoms with Crippen molar-refractivity contribution in [3.63, 3.8) is 0 Å². The number of nitrogens with zero attached hydrogens (tertiary/aromatic N) is 1. The summed E-state index contributed by atoms with van der Waals surface area (Å²) in [6.45, 7) is 7.21. The molecule has 2 heterocycles. The minimum absolute atomic E-state index is 0.331. The van der Waals surface area contributed by atoms with E-state index in [1.54, 1.807) is 19.1 Å². The van der Waals surface area contributed by atoms with Crippen molar-refractivity contribution in [2.24, 2.45) is 0 Å². The Morgan fingerprint density at radius 1 is 1.21 bits per heavy atom. The third-order valence-electron chi connectivity index (χ3n) is 4.70. The number of carboxylic acid groups (broad SMARTS) is 1. The van der Waals surface area contributed by atoms with Gasteiger partial charge in [-0.1, -0.05) is 17.7 Å². The molecule has 2 aliphatic heterocycles. The molecule has 0 saturated carbocycles. The van der Waals surface area contributed by atoms with Gasteiger partial charge < -0.3 is 15.3 Å². The van der Waals surface area contributed by atoms with E-state index in [2.05, 4.69) is 5.32 Å². The van der Waals surface area contributed by atoms with Crippen molar-refractivity contribution in [3.8, 4) is 0 Å². The fraction of sp³-hybridized carbons (Fsp3) is 0.471. The number of carbonyl (C=O) groups is 3. The Morgan fingerprint density at radius 3 is 2.33 bits per heavy atom. The number of thioether (sulfide) groups is 1. The average molecular weight is 348 g/mol. The predicted molar refractivity (Wildman–Crippen MR) is 90.8 cm³/mol. The highest BCUT2D eigenvalue weighted by molar-refractivity contribution is 8.01. The van der Waals surface area contributed by atoms with Crippen molar-refractivity contribution in [1.82, 2.24) is 10.2 Å². The monoisotopic (exact) mass is 348 g/mol. The highest BCUT2D eigenvalue weighted by atomic mass is 32.2. The van der Waals surface area contributed by atoms with Gasteiger partial charge in [0.15, 0.2) is 0 Å². The lowest BCUT2D eigenvalue weighted by molar-refractivity contribution is -0.165. The summed E-state index contributed by atoms with van der Waals surface area (Å²) in [5.41, 5.74) is 0.430. The standard InChI is InChI=1S/C17H20N2O4S/c1-9-5-7-10(8-6-9)12(20)18-17(4)14(23)19-11(13(21)22)16(2,3)24-15(17)19/h5-8,11,15H,1-4H3,(H,18,20)(H,21,22)/t11-,15+,17?/m0/s1. The molecule has 0 spiro atoms. The molecular weight excluding hydrogens is 328 g/mol. The van der Waals surface area contributed by atoms with Crippen LogP contribution in [-0.4, -0.2) is 49.5 Å². The second-order valence-electron chi connectivity index (χ2n) is 7.05. The van der Waals surface area contributed by atoms with Crippen molar-refractivity contribution in [2.45, 2.75) is 49.4 Å². The maximum Gasteiger partial charge on any atom is 0.327 e. The summed E-state index contributed by atoms with van der Waals surface area (Å²) in [6.07, 6.45) is 0. The molecule has 2 fully saturated rings. The second kappa shape index (κ2) is 5.24. The largest absolute Gasteiger partial charge is 0.480 e. The van der Waals surface area contributed by atoms with Gasteiger partial charge in [-0.25, -0.2) is 4.79 Å². The number of aliphatic carboxylic acids is 1. The molecule has 1 unspecified atom stereocenters. The molecule has 128 valence electrons. The Labute approximate surface area is 144 Å². The number of nitrogens with one attached hydrogen (secondary N) is 1. The molecule has 24 heavy (non-hydrogen) atoms. The molecule has 0 aromatic heterocycles. The zero-order valence-corrected chi connectivity index (χ0v) is 14.8. The summed E-state index contributed by atoms with van der Waals surface area (Å²) in [7, 11) is 0. The first-order valence-corrected chi connectivity index (χ1v) is 8.58. The number of hydrogen-bond donors (Lipinski definition) is 2. The third-order valence-corrected chi connectivity index (χ3v) is 6.45. The molecule has 3 rings (SSSR count). The number of carboxylic acids is 1. The maximum atomic E-state index is 12.6. The van der Waals surface area contributed by atoms with Crippen molar-refractivity contribution in [1.29, 1.82) is 0 Å². The van der Waals surface area contributed by atoms with E-state index in [4.69, 9.17) is 0 Å². The highest BCUT2D eigenvalue weighted by Gasteiger charge is 2.70. The Morgan fingerprint density at radius 2 is 1.79 bits per heavy atom. The van der Waals surface area contributed by atoms with Crippen molar-refractivity contribution < 1.29 is 19.5 Å². The van der Waals surface area contributed by atoms with Gasteiger partial charge in [0.1, 0.15) is 17.0 Å². The van der Waals surface area contributed by atoms with Gasteiger partial charge in [0.25, 0.3) is 11.8 Å². The predicted octanol–water partition coefficient (Wildman–Crippen LogP) is 1.63. The minimum Gasteiger partial charge on any atom is -0.480 e. The first-order valence-electron chi connectivity index (χ1n) is 7.70. The van der Waals surface area contributed by atoms with E-state index in [9.17, 15) is 19.5 Å². The normalized spacial score (nSPS) is 30.5. The lowest BCUT2D eigenvalue weighted by atomic mass is 9.86. The van der Waals surface area contributed by atoms with Crippen molar-refractivity contribution in [3.05, 3.63) is 35.4 Å². The van der Waals surface area contributed by atoms with E-state index in [1.165, 1.54) is 16.7 Å². The first kappa shape index (κ1) is 16.8. The van der Waals surface area contributed by atoms with Crippen LogP contribution >= 0.6 is 11.8 Å². The van der Waals surface area contributed by atoms with Crippen LogP contribution in [0.25, 0.3) is 0 Å². The highest BCUT2D eigenvalue weighted by Crippen LogP contribution is 2.54. The van der Waals surface area contributed by atoms with Crippen LogP contribution in [0.15, 0.2) is 24.3 Å². The second-order valence-corrected chi connectivity index (χ2v) is 8.78. The topological polar surface area (TPSA) is 86.7 Å². The van der Waals surface area contributed by atoms with Gasteiger partial charge in [-0.05, 0) is 39.8 Å². The van der Waals surface area contributed by atoms with Crippen LogP contribution in [0.2, 0.25) is 0 Å². The number of carbonyl (C=O) groups excluding carboxylic acids is 2. The zero-order chi connectivity index (χ0) is 17.9. The lowest BCUT2D eigenvalue weighted by Gasteiger charge is -2.51. The number of benzene rings is 1. The molecule has 2 N–H and O–H groups in total. The number of aryl methyl sites for hydroxylation is 1. The van der Waals surface area contributed by atoms with Gasteiger partial charge in [0.2, 0.25) is 0 Å².